The van der Waals surface area contributed by atoms with Gasteiger partial charge in [0.1, 0.15) is 12.6 Å². The third-order valence-corrected chi connectivity index (χ3v) is 2.74. The van der Waals surface area contributed by atoms with Crippen LogP contribution in [0.3, 0.4) is 0 Å². The van der Waals surface area contributed by atoms with Crippen LogP contribution in [0.25, 0.3) is 0 Å². The van der Waals surface area contributed by atoms with Crippen molar-refractivity contribution >= 4 is 5.97 Å². The summed E-state index contributed by atoms with van der Waals surface area (Å²) in [5.41, 5.74) is 8.25. The summed E-state index contributed by atoms with van der Waals surface area (Å²) in [6, 6.07) is -0.524. The molecule has 0 bridgehead atoms. The molecule has 0 aliphatic carbocycles. The van der Waals surface area contributed by atoms with Crippen molar-refractivity contribution in [3.05, 3.63) is 23.3 Å². The van der Waals surface area contributed by atoms with E-state index in [1.165, 1.54) is 11.1 Å². The van der Waals surface area contributed by atoms with Crippen molar-refractivity contribution in [3.8, 4) is 0 Å². The van der Waals surface area contributed by atoms with Gasteiger partial charge in [0.15, 0.2) is 0 Å². The second-order valence-corrected chi connectivity index (χ2v) is 5.27. The molecule has 18 heavy (non-hydrogen) atoms. The van der Waals surface area contributed by atoms with E-state index in [1.807, 2.05) is 19.9 Å². The molecule has 3 nitrogen and oxygen atoms in total. The average Bonchev–Trinajstić information content (AvgIpc) is 2.27. The number of rotatable bonds is 7. The molecule has 0 aliphatic heterocycles. The molecule has 3 heteroatoms. The van der Waals surface area contributed by atoms with E-state index < -0.39 is 6.04 Å². The maximum atomic E-state index is 11.5. The lowest BCUT2D eigenvalue weighted by molar-refractivity contribution is -0.145. The monoisotopic (exact) mass is 253 g/mol. The zero-order valence-corrected chi connectivity index (χ0v) is 12.3. The number of nitrogens with two attached hydrogens (primary N) is 1. The van der Waals surface area contributed by atoms with Gasteiger partial charge in [0.25, 0.3) is 0 Å². The molecule has 0 saturated carbocycles. The lowest BCUT2D eigenvalue weighted by Crippen LogP contribution is -2.37. The van der Waals surface area contributed by atoms with Crippen LogP contribution >= 0.6 is 0 Å². The normalized spacial score (nSPS) is 13.4. The topological polar surface area (TPSA) is 52.3 Å². The number of hydrogen-bond donors (Lipinski definition) is 1. The molecule has 0 rings (SSSR count). The number of ether oxygens (including phenoxy) is 1. The maximum Gasteiger partial charge on any atom is 0.323 e. The van der Waals surface area contributed by atoms with E-state index in [0.717, 1.165) is 12.8 Å². The van der Waals surface area contributed by atoms with Gasteiger partial charge in [-0.1, -0.05) is 31.1 Å². The van der Waals surface area contributed by atoms with Crippen LogP contribution in [0.2, 0.25) is 0 Å². The molecular weight excluding hydrogens is 226 g/mol. The highest BCUT2D eigenvalue weighted by atomic mass is 16.5. The Kier molecular flexibility index (Phi) is 8.38. The van der Waals surface area contributed by atoms with Crippen molar-refractivity contribution in [3.63, 3.8) is 0 Å². The highest BCUT2D eigenvalue weighted by Gasteiger charge is 2.17. The van der Waals surface area contributed by atoms with Crippen molar-refractivity contribution in [2.45, 2.75) is 53.5 Å². The first-order valence-corrected chi connectivity index (χ1v) is 6.55. The van der Waals surface area contributed by atoms with Gasteiger partial charge in [-0.2, -0.15) is 0 Å². The Labute approximate surface area is 111 Å². The maximum absolute atomic E-state index is 11.5. The molecule has 0 aliphatic rings. The minimum atomic E-state index is -0.524. The SMILES string of the molecule is CC(C)=CCC/C(C)=C/COC(=O)[C@@H](N)C(C)C. The van der Waals surface area contributed by atoms with Crippen molar-refractivity contribution in [2.75, 3.05) is 6.61 Å². The molecular formula is C15H27NO2. The Hall–Kier alpha value is -1.09. The Morgan fingerprint density at radius 2 is 1.83 bits per heavy atom. The fourth-order valence-electron chi connectivity index (χ4n) is 1.33. The Morgan fingerprint density at radius 1 is 1.22 bits per heavy atom. The van der Waals surface area contributed by atoms with Gasteiger partial charge in [-0.25, -0.2) is 0 Å². The van der Waals surface area contributed by atoms with Gasteiger partial charge in [0.05, 0.1) is 0 Å². The minimum absolute atomic E-state index is 0.111. The van der Waals surface area contributed by atoms with E-state index in [1.54, 1.807) is 0 Å². The number of carbonyl (C=O) groups excluding carboxylic acids is 1. The molecule has 0 aromatic carbocycles. The van der Waals surface area contributed by atoms with Gasteiger partial charge in [0, 0.05) is 0 Å². The Balaban J connectivity index is 3.94. The summed E-state index contributed by atoms with van der Waals surface area (Å²) in [5, 5.41) is 0. The van der Waals surface area contributed by atoms with Crippen LogP contribution in [0.15, 0.2) is 23.3 Å². The average molecular weight is 253 g/mol. The van der Waals surface area contributed by atoms with Crippen LogP contribution in [0, 0.1) is 5.92 Å². The fourth-order valence-corrected chi connectivity index (χ4v) is 1.33. The van der Waals surface area contributed by atoms with Crippen molar-refractivity contribution in [2.24, 2.45) is 11.7 Å². The summed E-state index contributed by atoms with van der Waals surface area (Å²) in [6.45, 7) is 10.4. The number of allylic oxidation sites excluding steroid dienone is 3. The van der Waals surface area contributed by atoms with Gasteiger partial charge in [0.2, 0.25) is 0 Å². The van der Waals surface area contributed by atoms with E-state index in [9.17, 15) is 4.79 Å². The first-order valence-electron chi connectivity index (χ1n) is 6.55. The number of esters is 1. The second-order valence-electron chi connectivity index (χ2n) is 5.27. The van der Waals surface area contributed by atoms with Crippen molar-refractivity contribution in [1.82, 2.24) is 0 Å². The summed E-state index contributed by atoms with van der Waals surface area (Å²) in [6.07, 6.45) is 6.19. The molecule has 0 aromatic rings. The Morgan fingerprint density at radius 3 is 2.33 bits per heavy atom. The van der Waals surface area contributed by atoms with Gasteiger partial charge < -0.3 is 10.5 Å². The van der Waals surface area contributed by atoms with E-state index >= 15 is 0 Å². The van der Waals surface area contributed by atoms with Crippen LogP contribution < -0.4 is 5.73 Å². The molecule has 0 aromatic heterocycles. The quantitative estimate of drug-likeness (QED) is 0.560. The molecule has 104 valence electrons. The van der Waals surface area contributed by atoms with Gasteiger partial charge in [-0.15, -0.1) is 0 Å². The number of hydrogen-bond acceptors (Lipinski definition) is 3. The summed E-state index contributed by atoms with van der Waals surface area (Å²) < 4.78 is 5.11. The largest absolute Gasteiger partial charge is 0.460 e. The first-order chi connectivity index (χ1) is 8.34. The lowest BCUT2D eigenvalue weighted by Gasteiger charge is -2.13. The van der Waals surface area contributed by atoms with Crippen LogP contribution in [-0.4, -0.2) is 18.6 Å². The third kappa shape index (κ3) is 8.07. The molecule has 2 N–H and O–H groups in total. The number of carbonyl (C=O) groups is 1. The van der Waals surface area contributed by atoms with Gasteiger partial charge >= 0.3 is 5.97 Å². The standard InChI is InChI=1S/C15H27NO2/c1-11(2)7-6-8-13(5)9-10-18-15(17)14(16)12(3)4/h7,9,12,14H,6,8,10,16H2,1-5H3/b13-9+/t14-/m0/s1. The van der Waals surface area contributed by atoms with E-state index in [0.29, 0.717) is 6.61 Å². The second kappa shape index (κ2) is 8.92. The first kappa shape index (κ1) is 16.9. The van der Waals surface area contributed by atoms with Crippen LogP contribution in [0.5, 0.6) is 0 Å². The predicted octanol–water partition coefficient (Wildman–Crippen LogP) is 3.21. The zero-order valence-electron chi connectivity index (χ0n) is 12.3. The van der Waals surface area contributed by atoms with E-state index in [2.05, 4.69) is 26.8 Å². The Bertz CT molecular complexity index is 312. The summed E-state index contributed by atoms with van der Waals surface area (Å²) in [4.78, 5) is 11.5. The van der Waals surface area contributed by atoms with Crippen molar-refractivity contribution < 1.29 is 9.53 Å². The van der Waals surface area contributed by atoms with E-state index in [4.69, 9.17) is 10.5 Å². The molecule has 0 radical (unpaired) electrons. The third-order valence-electron chi connectivity index (χ3n) is 2.74. The highest BCUT2D eigenvalue weighted by Crippen LogP contribution is 2.07. The fraction of sp³-hybridized carbons (Fsp3) is 0.667. The van der Waals surface area contributed by atoms with Gasteiger partial charge in [-0.3, -0.25) is 4.79 Å². The lowest BCUT2D eigenvalue weighted by atomic mass is 10.1. The molecule has 0 saturated heterocycles. The molecule has 0 heterocycles. The smallest absolute Gasteiger partial charge is 0.323 e. The van der Waals surface area contributed by atoms with Gasteiger partial charge in [-0.05, 0) is 45.6 Å². The highest BCUT2D eigenvalue weighted by molar-refractivity contribution is 5.75. The predicted molar refractivity (Wildman–Crippen MR) is 76.2 cm³/mol. The summed E-state index contributed by atoms with van der Waals surface area (Å²) in [7, 11) is 0. The van der Waals surface area contributed by atoms with Crippen LogP contribution in [0.1, 0.15) is 47.5 Å². The molecule has 0 spiro atoms. The molecule has 0 amide bonds. The minimum Gasteiger partial charge on any atom is -0.460 e. The van der Waals surface area contributed by atoms with Crippen LogP contribution in [0.4, 0.5) is 0 Å². The van der Waals surface area contributed by atoms with Crippen molar-refractivity contribution in [1.29, 1.82) is 0 Å². The van der Waals surface area contributed by atoms with Crippen LogP contribution in [-0.2, 0) is 9.53 Å². The summed E-state index contributed by atoms with van der Waals surface area (Å²) in [5.74, 6) is -0.210. The molecule has 1 atom stereocenters. The molecule has 0 fully saturated rings. The van der Waals surface area contributed by atoms with E-state index in [-0.39, 0.29) is 11.9 Å². The summed E-state index contributed by atoms with van der Waals surface area (Å²) >= 11 is 0. The zero-order chi connectivity index (χ0) is 14.1. The molecule has 0 unspecified atom stereocenters.